The second-order valence-corrected chi connectivity index (χ2v) is 5.35. The molecule has 0 aromatic carbocycles. The van der Waals surface area contributed by atoms with Crippen molar-refractivity contribution >= 4 is 29.3 Å². The van der Waals surface area contributed by atoms with Gasteiger partial charge in [-0.3, -0.25) is 9.59 Å². The highest BCUT2D eigenvalue weighted by atomic mass is 32.1. The summed E-state index contributed by atoms with van der Waals surface area (Å²) in [5.41, 5.74) is 0. The Bertz CT molecular complexity index is 350. The molecule has 0 aliphatic heterocycles. The van der Waals surface area contributed by atoms with Gasteiger partial charge in [0.15, 0.2) is 5.11 Å². The molecule has 0 saturated heterocycles. The molecule has 0 aliphatic rings. The number of hydrogen-bond donors (Lipinski definition) is 2. The lowest BCUT2D eigenvalue weighted by Gasteiger charge is -2.30. The van der Waals surface area contributed by atoms with Crippen LogP contribution in [-0.4, -0.2) is 63.7 Å². The van der Waals surface area contributed by atoms with Gasteiger partial charge in [0, 0.05) is 39.5 Å². The summed E-state index contributed by atoms with van der Waals surface area (Å²) in [6.07, 6.45) is 3.26. The average Bonchev–Trinajstić information content (AvgIpc) is 2.42. The fourth-order valence-corrected chi connectivity index (χ4v) is 2.24. The third-order valence-electron chi connectivity index (χ3n) is 3.18. The average molecular weight is 318 g/mol. The highest BCUT2D eigenvalue weighted by Crippen LogP contribution is 2.05. The van der Waals surface area contributed by atoms with E-state index in [0.717, 1.165) is 37.6 Å². The zero-order valence-corrected chi connectivity index (χ0v) is 13.7. The highest BCUT2D eigenvalue weighted by Gasteiger charge is 2.12. The van der Waals surface area contributed by atoms with Crippen LogP contribution in [0.5, 0.6) is 0 Å². The normalized spacial score (nSPS) is 10.2. The van der Waals surface area contributed by atoms with Crippen LogP contribution in [0.2, 0.25) is 0 Å². The minimum Gasteiger partial charge on any atom is -0.481 e. The van der Waals surface area contributed by atoms with Crippen LogP contribution in [-0.2, 0) is 9.59 Å². The van der Waals surface area contributed by atoms with Crippen LogP contribution in [0.15, 0.2) is 0 Å². The van der Waals surface area contributed by atoms with Gasteiger partial charge in [-0.15, -0.1) is 0 Å². The lowest BCUT2D eigenvalue weighted by atomic mass is 10.2. The highest BCUT2D eigenvalue weighted by molar-refractivity contribution is 7.80. The van der Waals surface area contributed by atoms with Crippen molar-refractivity contribution in [3.8, 4) is 0 Å². The Labute approximate surface area is 131 Å². The number of rotatable bonds is 11. The number of thiocarbonyl (C=S) groups is 1. The maximum absolute atomic E-state index is 10.5. The molecule has 21 heavy (non-hydrogen) atoms. The maximum Gasteiger partial charge on any atom is 0.303 e. The third kappa shape index (κ3) is 10.1. The molecule has 0 aliphatic carbocycles. The van der Waals surface area contributed by atoms with Gasteiger partial charge in [-0.05, 0) is 44.8 Å². The number of hydrogen-bond acceptors (Lipinski definition) is 3. The molecule has 0 bridgehead atoms. The molecule has 0 atom stereocenters. The lowest BCUT2D eigenvalue weighted by Crippen LogP contribution is -2.41. The van der Waals surface area contributed by atoms with Gasteiger partial charge in [0.1, 0.15) is 0 Å². The SMILES string of the molecule is CCN(CCCCC(=O)O)C(=S)N(C)CCCCC(=O)O. The van der Waals surface area contributed by atoms with E-state index in [1.807, 2.05) is 23.8 Å². The van der Waals surface area contributed by atoms with E-state index in [4.69, 9.17) is 22.4 Å². The number of unbranched alkanes of at least 4 members (excludes halogenated alkanes) is 2. The van der Waals surface area contributed by atoms with E-state index in [2.05, 4.69) is 0 Å². The summed E-state index contributed by atoms with van der Waals surface area (Å²) >= 11 is 5.42. The van der Waals surface area contributed by atoms with E-state index in [1.165, 1.54) is 0 Å². The molecule has 0 rings (SSSR count). The lowest BCUT2D eigenvalue weighted by molar-refractivity contribution is -0.138. The summed E-state index contributed by atoms with van der Waals surface area (Å²) in [6.45, 7) is 4.28. The number of nitrogens with zero attached hydrogens (tertiary/aromatic N) is 2. The predicted octanol–water partition coefficient (Wildman–Crippen LogP) is 2.03. The van der Waals surface area contributed by atoms with Gasteiger partial charge in [-0.2, -0.15) is 0 Å². The van der Waals surface area contributed by atoms with Crippen LogP contribution >= 0.6 is 12.2 Å². The Balaban J connectivity index is 4.00. The first-order chi connectivity index (χ1) is 9.88. The van der Waals surface area contributed by atoms with Crippen molar-refractivity contribution in [2.45, 2.75) is 45.4 Å². The Morgan fingerprint density at radius 3 is 1.86 bits per heavy atom. The van der Waals surface area contributed by atoms with Crippen LogP contribution < -0.4 is 0 Å². The molecule has 0 aromatic heterocycles. The van der Waals surface area contributed by atoms with Gasteiger partial charge >= 0.3 is 11.9 Å². The van der Waals surface area contributed by atoms with Crippen molar-refractivity contribution in [2.75, 3.05) is 26.7 Å². The largest absolute Gasteiger partial charge is 0.481 e. The molecule has 0 radical (unpaired) electrons. The molecule has 7 heteroatoms. The van der Waals surface area contributed by atoms with Crippen LogP contribution in [0.25, 0.3) is 0 Å². The molecule has 0 heterocycles. The number of carboxylic acid groups (broad SMARTS) is 2. The third-order valence-corrected chi connectivity index (χ3v) is 3.75. The van der Waals surface area contributed by atoms with Crippen LogP contribution in [0.4, 0.5) is 0 Å². The first-order valence-corrected chi connectivity index (χ1v) is 7.73. The predicted molar refractivity (Wildman–Crippen MR) is 85.4 cm³/mol. The van der Waals surface area contributed by atoms with Crippen LogP contribution in [0.3, 0.4) is 0 Å². The van der Waals surface area contributed by atoms with Gasteiger partial charge in [-0.1, -0.05) is 0 Å². The molecule has 0 fully saturated rings. The summed E-state index contributed by atoms with van der Waals surface area (Å²) in [7, 11) is 1.91. The zero-order valence-electron chi connectivity index (χ0n) is 12.9. The van der Waals surface area contributed by atoms with Gasteiger partial charge in [-0.25, -0.2) is 0 Å². The summed E-state index contributed by atoms with van der Waals surface area (Å²) < 4.78 is 0. The molecule has 0 amide bonds. The van der Waals surface area contributed by atoms with E-state index in [9.17, 15) is 9.59 Å². The smallest absolute Gasteiger partial charge is 0.303 e. The van der Waals surface area contributed by atoms with Crippen molar-refractivity contribution < 1.29 is 19.8 Å². The van der Waals surface area contributed by atoms with E-state index < -0.39 is 11.9 Å². The Kier molecular flexibility index (Phi) is 10.6. The summed E-state index contributed by atoms with van der Waals surface area (Å²) in [5.74, 6) is -1.54. The Hall–Kier alpha value is -1.37. The Morgan fingerprint density at radius 2 is 1.43 bits per heavy atom. The van der Waals surface area contributed by atoms with Crippen molar-refractivity contribution in [3.63, 3.8) is 0 Å². The van der Waals surface area contributed by atoms with Gasteiger partial charge < -0.3 is 20.0 Å². The van der Waals surface area contributed by atoms with Crippen molar-refractivity contribution in [1.29, 1.82) is 0 Å². The van der Waals surface area contributed by atoms with Crippen LogP contribution in [0.1, 0.15) is 45.4 Å². The number of aliphatic carboxylic acids is 2. The summed E-state index contributed by atoms with van der Waals surface area (Å²) in [6, 6.07) is 0. The second-order valence-electron chi connectivity index (χ2n) is 4.99. The molecule has 0 unspecified atom stereocenters. The fraction of sp³-hybridized carbons (Fsp3) is 0.786. The number of carbonyl (C=O) groups is 2. The topological polar surface area (TPSA) is 81.1 Å². The standard InChI is InChI=1S/C14H26N2O4S/c1-3-16(11-7-5-9-13(19)20)14(21)15(2)10-6-4-8-12(17)18/h3-11H2,1-2H3,(H,17,18)(H,19,20). The van der Waals surface area contributed by atoms with E-state index in [1.54, 1.807) is 0 Å². The van der Waals surface area contributed by atoms with Gasteiger partial charge in [0.05, 0.1) is 0 Å². The minimum atomic E-state index is -0.770. The van der Waals surface area contributed by atoms with Crippen LogP contribution in [0, 0.1) is 0 Å². The zero-order chi connectivity index (χ0) is 16.3. The monoisotopic (exact) mass is 318 g/mol. The molecule has 122 valence electrons. The minimum absolute atomic E-state index is 0.188. The first-order valence-electron chi connectivity index (χ1n) is 7.32. The quantitative estimate of drug-likeness (QED) is 0.445. The van der Waals surface area contributed by atoms with E-state index in [-0.39, 0.29) is 12.8 Å². The first kappa shape index (κ1) is 19.6. The fourth-order valence-electron chi connectivity index (χ4n) is 1.93. The molecular weight excluding hydrogens is 292 g/mol. The molecule has 0 spiro atoms. The molecule has 0 aromatic rings. The van der Waals surface area contributed by atoms with E-state index >= 15 is 0 Å². The van der Waals surface area contributed by atoms with Crippen molar-refractivity contribution in [1.82, 2.24) is 9.80 Å². The van der Waals surface area contributed by atoms with Gasteiger partial charge in [0.25, 0.3) is 0 Å². The maximum atomic E-state index is 10.5. The second kappa shape index (κ2) is 11.3. The van der Waals surface area contributed by atoms with Crippen molar-refractivity contribution in [3.05, 3.63) is 0 Å². The number of carboxylic acids is 2. The molecular formula is C14H26N2O4S. The van der Waals surface area contributed by atoms with Crippen molar-refractivity contribution in [2.24, 2.45) is 0 Å². The van der Waals surface area contributed by atoms with Gasteiger partial charge in [0.2, 0.25) is 0 Å². The molecule has 6 nitrogen and oxygen atoms in total. The summed E-state index contributed by atoms with van der Waals surface area (Å²) in [5, 5.41) is 17.9. The molecule has 0 saturated carbocycles. The summed E-state index contributed by atoms with van der Waals surface area (Å²) in [4.78, 5) is 24.9. The molecule has 2 N–H and O–H groups in total. The Morgan fingerprint density at radius 1 is 0.952 bits per heavy atom. The van der Waals surface area contributed by atoms with E-state index in [0.29, 0.717) is 12.8 Å².